The zero-order valence-corrected chi connectivity index (χ0v) is 12.0. The number of aromatic nitrogens is 2. The van der Waals surface area contributed by atoms with Crippen LogP contribution in [0.1, 0.15) is 19.8 Å². The number of carbonyl (C=O) groups is 2. The summed E-state index contributed by atoms with van der Waals surface area (Å²) in [6.45, 7) is 2.49. The molecule has 1 unspecified atom stereocenters. The number of aliphatic carboxylic acids is 1. The zero-order chi connectivity index (χ0) is 15.2. The van der Waals surface area contributed by atoms with Gasteiger partial charge in [0.15, 0.2) is 0 Å². The van der Waals surface area contributed by atoms with Crippen LogP contribution in [0.25, 0.3) is 11.0 Å². The topological polar surface area (TPSA) is 84.2 Å². The minimum Gasteiger partial charge on any atom is -0.481 e. The number of nitrogens with zero attached hydrogens (tertiary/aromatic N) is 2. The number of carbonyl (C=O) groups excluding carboxylic acids is 1. The second-order valence-electron chi connectivity index (χ2n) is 4.92. The van der Waals surface area contributed by atoms with Crippen LogP contribution in [0.4, 0.5) is 0 Å². The molecule has 0 aliphatic heterocycles. The van der Waals surface area contributed by atoms with E-state index in [9.17, 15) is 9.59 Å². The van der Waals surface area contributed by atoms with Gasteiger partial charge in [0.2, 0.25) is 5.91 Å². The van der Waals surface area contributed by atoms with Gasteiger partial charge in [-0.15, -0.1) is 0 Å². The number of para-hydroxylation sites is 2. The first-order valence-corrected chi connectivity index (χ1v) is 7.01. The molecule has 0 spiro atoms. The first-order valence-electron chi connectivity index (χ1n) is 7.01. The molecular weight excluding hydrogens is 270 g/mol. The van der Waals surface area contributed by atoms with Crippen molar-refractivity contribution >= 4 is 22.9 Å². The number of hydrogen-bond donors (Lipinski definition) is 2. The van der Waals surface area contributed by atoms with E-state index in [0.717, 1.165) is 11.0 Å². The SMILES string of the molecule is CCC(CNC(=O)CCn1cnc2ccccc21)C(=O)O. The lowest BCUT2D eigenvalue weighted by Crippen LogP contribution is -2.33. The fourth-order valence-electron chi connectivity index (χ4n) is 2.14. The number of nitrogens with one attached hydrogen (secondary N) is 1. The van der Waals surface area contributed by atoms with E-state index in [2.05, 4.69) is 10.3 Å². The summed E-state index contributed by atoms with van der Waals surface area (Å²) < 4.78 is 1.92. The van der Waals surface area contributed by atoms with Crippen molar-refractivity contribution in [2.75, 3.05) is 6.54 Å². The largest absolute Gasteiger partial charge is 0.481 e. The van der Waals surface area contributed by atoms with E-state index in [1.807, 2.05) is 28.8 Å². The normalized spacial score (nSPS) is 12.2. The molecule has 1 atom stereocenters. The first-order chi connectivity index (χ1) is 10.1. The number of benzene rings is 1. The number of imidazole rings is 1. The van der Waals surface area contributed by atoms with Gasteiger partial charge in [-0.2, -0.15) is 0 Å². The predicted octanol–water partition coefficient (Wildman–Crippen LogP) is 1.65. The van der Waals surface area contributed by atoms with Crippen LogP contribution < -0.4 is 5.32 Å². The molecule has 0 fully saturated rings. The van der Waals surface area contributed by atoms with Crippen LogP contribution in [0.2, 0.25) is 0 Å². The van der Waals surface area contributed by atoms with Gasteiger partial charge in [0, 0.05) is 19.5 Å². The molecule has 0 saturated heterocycles. The average Bonchev–Trinajstić information content (AvgIpc) is 2.88. The Morgan fingerprint density at radius 3 is 2.86 bits per heavy atom. The van der Waals surface area contributed by atoms with Crippen LogP contribution in [-0.4, -0.2) is 33.1 Å². The van der Waals surface area contributed by atoms with Crippen LogP contribution >= 0.6 is 0 Å². The fourth-order valence-corrected chi connectivity index (χ4v) is 2.14. The molecule has 6 heteroatoms. The van der Waals surface area contributed by atoms with E-state index in [1.165, 1.54) is 0 Å². The van der Waals surface area contributed by atoms with E-state index >= 15 is 0 Å². The van der Waals surface area contributed by atoms with Gasteiger partial charge in [0.05, 0.1) is 23.3 Å². The Morgan fingerprint density at radius 1 is 1.38 bits per heavy atom. The summed E-state index contributed by atoms with van der Waals surface area (Å²) >= 11 is 0. The molecule has 0 saturated carbocycles. The third-order valence-electron chi connectivity index (χ3n) is 3.49. The molecule has 0 radical (unpaired) electrons. The quantitative estimate of drug-likeness (QED) is 0.811. The molecule has 1 aromatic heterocycles. The summed E-state index contributed by atoms with van der Waals surface area (Å²) in [5.74, 6) is -1.55. The van der Waals surface area contributed by atoms with Gasteiger partial charge in [0.25, 0.3) is 0 Å². The summed E-state index contributed by atoms with van der Waals surface area (Å²) in [6.07, 6.45) is 2.52. The Balaban J connectivity index is 1.85. The minimum absolute atomic E-state index is 0.146. The van der Waals surface area contributed by atoms with Crippen molar-refractivity contribution in [1.82, 2.24) is 14.9 Å². The number of carboxylic acid groups (broad SMARTS) is 1. The number of aryl methyl sites for hydroxylation is 1. The average molecular weight is 289 g/mol. The predicted molar refractivity (Wildman–Crippen MR) is 78.8 cm³/mol. The van der Waals surface area contributed by atoms with Gasteiger partial charge in [-0.3, -0.25) is 9.59 Å². The monoisotopic (exact) mass is 289 g/mol. The van der Waals surface area contributed by atoms with E-state index in [4.69, 9.17) is 5.11 Å². The molecule has 1 amide bonds. The highest BCUT2D eigenvalue weighted by molar-refractivity contribution is 5.78. The number of hydrogen-bond acceptors (Lipinski definition) is 3. The van der Waals surface area contributed by atoms with E-state index in [0.29, 0.717) is 19.4 Å². The van der Waals surface area contributed by atoms with Gasteiger partial charge < -0.3 is 15.0 Å². The summed E-state index contributed by atoms with van der Waals surface area (Å²) in [5, 5.41) is 11.6. The van der Waals surface area contributed by atoms with E-state index in [1.54, 1.807) is 13.3 Å². The fraction of sp³-hybridized carbons (Fsp3) is 0.400. The molecular formula is C15H19N3O3. The minimum atomic E-state index is -0.876. The summed E-state index contributed by atoms with van der Waals surface area (Å²) in [4.78, 5) is 26.9. The highest BCUT2D eigenvalue weighted by atomic mass is 16.4. The maximum atomic E-state index is 11.8. The lowest BCUT2D eigenvalue weighted by molar-refractivity contribution is -0.141. The maximum Gasteiger partial charge on any atom is 0.308 e. The van der Waals surface area contributed by atoms with Crippen LogP contribution in [0.5, 0.6) is 0 Å². The van der Waals surface area contributed by atoms with Gasteiger partial charge in [-0.25, -0.2) is 4.98 Å². The van der Waals surface area contributed by atoms with Crippen molar-refractivity contribution in [1.29, 1.82) is 0 Å². The van der Waals surface area contributed by atoms with E-state index in [-0.39, 0.29) is 12.5 Å². The van der Waals surface area contributed by atoms with Crippen molar-refractivity contribution in [2.45, 2.75) is 26.3 Å². The van der Waals surface area contributed by atoms with Crippen LogP contribution in [0, 0.1) is 5.92 Å². The number of amides is 1. The van der Waals surface area contributed by atoms with Gasteiger partial charge in [-0.1, -0.05) is 19.1 Å². The van der Waals surface area contributed by atoms with Crippen LogP contribution in [-0.2, 0) is 16.1 Å². The third-order valence-corrected chi connectivity index (χ3v) is 3.49. The van der Waals surface area contributed by atoms with Crippen molar-refractivity contribution in [2.24, 2.45) is 5.92 Å². The molecule has 1 heterocycles. The Kier molecular flexibility index (Phi) is 4.92. The molecule has 2 aromatic rings. The lowest BCUT2D eigenvalue weighted by Gasteiger charge is -2.11. The summed E-state index contributed by atoms with van der Waals surface area (Å²) in [6, 6.07) is 7.73. The first kappa shape index (κ1) is 15.0. The highest BCUT2D eigenvalue weighted by Crippen LogP contribution is 2.12. The Labute approximate surface area is 122 Å². The van der Waals surface area contributed by atoms with Gasteiger partial charge in [0.1, 0.15) is 0 Å². The van der Waals surface area contributed by atoms with E-state index < -0.39 is 11.9 Å². The van der Waals surface area contributed by atoms with Crippen molar-refractivity contribution < 1.29 is 14.7 Å². The lowest BCUT2D eigenvalue weighted by atomic mass is 10.1. The molecule has 112 valence electrons. The van der Waals surface area contributed by atoms with Crippen molar-refractivity contribution in [3.8, 4) is 0 Å². The second kappa shape index (κ2) is 6.88. The van der Waals surface area contributed by atoms with Crippen molar-refractivity contribution in [3.05, 3.63) is 30.6 Å². The number of rotatable bonds is 7. The number of fused-ring (bicyclic) bond motifs is 1. The molecule has 0 aliphatic rings. The second-order valence-corrected chi connectivity index (χ2v) is 4.92. The molecule has 21 heavy (non-hydrogen) atoms. The summed E-state index contributed by atoms with van der Waals surface area (Å²) in [7, 11) is 0. The summed E-state index contributed by atoms with van der Waals surface area (Å²) in [5.41, 5.74) is 1.89. The van der Waals surface area contributed by atoms with Gasteiger partial charge >= 0.3 is 5.97 Å². The Hall–Kier alpha value is -2.37. The molecule has 2 N–H and O–H groups in total. The standard InChI is InChI=1S/C15H19N3O3/c1-2-11(15(20)21)9-16-14(19)7-8-18-10-17-12-5-3-4-6-13(12)18/h3-6,10-11H,2,7-9H2,1H3,(H,16,19)(H,20,21). The number of carboxylic acids is 1. The van der Waals surface area contributed by atoms with Crippen molar-refractivity contribution in [3.63, 3.8) is 0 Å². The van der Waals surface area contributed by atoms with Gasteiger partial charge in [-0.05, 0) is 18.6 Å². The Morgan fingerprint density at radius 2 is 2.14 bits per heavy atom. The molecule has 0 aliphatic carbocycles. The Bertz CT molecular complexity index is 636. The molecule has 1 aromatic carbocycles. The van der Waals surface area contributed by atoms with Crippen LogP contribution in [0.3, 0.4) is 0 Å². The molecule has 2 rings (SSSR count). The van der Waals surface area contributed by atoms with Crippen LogP contribution in [0.15, 0.2) is 30.6 Å². The third kappa shape index (κ3) is 3.81. The molecule has 0 bridgehead atoms. The molecule has 6 nitrogen and oxygen atoms in total. The zero-order valence-electron chi connectivity index (χ0n) is 12.0. The smallest absolute Gasteiger partial charge is 0.308 e. The highest BCUT2D eigenvalue weighted by Gasteiger charge is 2.15. The maximum absolute atomic E-state index is 11.8.